The largest absolute Gasteiger partial charge is 0.465 e. The molecule has 2 aromatic rings. The molecule has 8 nitrogen and oxygen atoms in total. The van der Waals surface area contributed by atoms with Crippen molar-refractivity contribution in [3.8, 4) is 0 Å². The summed E-state index contributed by atoms with van der Waals surface area (Å²) in [6.45, 7) is 4.07. The van der Waals surface area contributed by atoms with Crippen LogP contribution in [0.5, 0.6) is 0 Å². The predicted octanol–water partition coefficient (Wildman–Crippen LogP) is 2.20. The molecule has 0 saturated carbocycles. The zero-order valence-corrected chi connectivity index (χ0v) is 17.0. The fourth-order valence-electron chi connectivity index (χ4n) is 3.29. The first-order valence-electron chi connectivity index (χ1n) is 8.21. The van der Waals surface area contributed by atoms with E-state index in [4.69, 9.17) is 9.47 Å². The van der Waals surface area contributed by atoms with Crippen LogP contribution in [0.15, 0.2) is 22.5 Å². The standard InChI is InChI=1S/C17H20N2O6S2/c1-10-13(15(20)24-3)17(26-14(10)16(21)25-4)27(22,23)19-9-8-18-7-5-6-12(18)11(19)2/h5-7,11H,8-9H2,1-4H3/t11-/m0/s1. The molecule has 0 spiro atoms. The summed E-state index contributed by atoms with van der Waals surface area (Å²) in [4.78, 5) is 24.4. The van der Waals surface area contributed by atoms with Crippen molar-refractivity contribution in [2.75, 3.05) is 20.8 Å². The smallest absolute Gasteiger partial charge is 0.348 e. The van der Waals surface area contributed by atoms with Crippen LogP contribution in [0.4, 0.5) is 0 Å². The van der Waals surface area contributed by atoms with Gasteiger partial charge in [0.1, 0.15) is 4.88 Å². The van der Waals surface area contributed by atoms with Gasteiger partial charge in [0, 0.05) is 25.0 Å². The molecule has 0 fully saturated rings. The van der Waals surface area contributed by atoms with Gasteiger partial charge in [0.25, 0.3) is 10.0 Å². The van der Waals surface area contributed by atoms with Gasteiger partial charge in [-0.05, 0) is 31.5 Å². The van der Waals surface area contributed by atoms with Gasteiger partial charge in [-0.25, -0.2) is 18.0 Å². The maximum absolute atomic E-state index is 13.4. The van der Waals surface area contributed by atoms with Gasteiger partial charge in [0.15, 0.2) is 4.21 Å². The van der Waals surface area contributed by atoms with Gasteiger partial charge >= 0.3 is 11.9 Å². The number of fused-ring (bicyclic) bond motifs is 1. The van der Waals surface area contributed by atoms with E-state index in [1.807, 2.05) is 22.9 Å². The summed E-state index contributed by atoms with van der Waals surface area (Å²) < 4.78 is 39.5. The molecule has 3 heterocycles. The molecular formula is C17H20N2O6S2. The third-order valence-corrected chi connectivity index (χ3v) is 8.44. The molecule has 0 bridgehead atoms. The molecule has 10 heteroatoms. The number of rotatable bonds is 4. The summed E-state index contributed by atoms with van der Waals surface area (Å²) in [6, 6.07) is 3.33. The first-order chi connectivity index (χ1) is 12.7. The lowest BCUT2D eigenvalue weighted by molar-refractivity contribution is 0.0596. The van der Waals surface area contributed by atoms with Crippen LogP contribution >= 0.6 is 11.3 Å². The number of sulfonamides is 1. The number of aromatic nitrogens is 1. The maximum atomic E-state index is 13.4. The lowest BCUT2D eigenvalue weighted by atomic mass is 10.2. The van der Waals surface area contributed by atoms with E-state index in [0.29, 0.717) is 6.54 Å². The van der Waals surface area contributed by atoms with Crippen molar-refractivity contribution >= 4 is 33.3 Å². The van der Waals surface area contributed by atoms with E-state index in [1.165, 1.54) is 25.4 Å². The summed E-state index contributed by atoms with van der Waals surface area (Å²) in [5.41, 5.74) is 0.993. The number of hydrogen-bond acceptors (Lipinski definition) is 7. The molecule has 0 aromatic carbocycles. The van der Waals surface area contributed by atoms with E-state index >= 15 is 0 Å². The van der Waals surface area contributed by atoms with E-state index in [2.05, 4.69) is 0 Å². The number of ether oxygens (including phenoxy) is 2. The van der Waals surface area contributed by atoms with Crippen molar-refractivity contribution in [2.24, 2.45) is 0 Å². The Kier molecular flexibility index (Phi) is 5.15. The van der Waals surface area contributed by atoms with Gasteiger partial charge in [-0.1, -0.05) is 0 Å². The van der Waals surface area contributed by atoms with Crippen LogP contribution in [-0.2, 0) is 26.0 Å². The minimum absolute atomic E-state index is 0.0736. The molecule has 1 atom stereocenters. The topological polar surface area (TPSA) is 94.9 Å². The fraction of sp³-hybridized carbons (Fsp3) is 0.412. The van der Waals surface area contributed by atoms with Crippen molar-refractivity contribution in [2.45, 2.75) is 30.6 Å². The molecule has 0 unspecified atom stereocenters. The molecule has 3 rings (SSSR count). The molecule has 146 valence electrons. The number of esters is 2. The third kappa shape index (κ3) is 3.07. The second-order valence-electron chi connectivity index (χ2n) is 6.12. The quantitative estimate of drug-likeness (QED) is 0.715. The highest BCUT2D eigenvalue weighted by molar-refractivity contribution is 7.91. The highest BCUT2D eigenvalue weighted by Crippen LogP contribution is 2.38. The SMILES string of the molecule is COC(=O)c1sc(S(=O)(=O)N2CCn3cccc3[C@@H]2C)c(C(=O)OC)c1C. The second kappa shape index (κ2) is 7.10. The lowest BCUT2D eigenvalue weighted by Crippen LogP contribution is -2.40. The minimum Gasteiger partial charge on any atom is -0.465 e. The number of carbonyl (C=O) groups is 2. The Morgan fingerprint density at radius 2 is 1.85 bits per heavy atom. The van der Waals surface area contributed by atoms with Crippen LogP contribution in [-0.4, -0.2) is 50.0 Å². The van der Waals surface area contributed by atoms with E-state index in [1.54, 1.807) is 6.92 Å². The highest BCUT2D eigenvalue weighted by atomic mass is 32.2. The summed E-state index contributed by atoms with van der Waals surface area (Å²) in [7, 11) is -1.66. The second-order valence-corrected chi connectivity index (χ2v) is 9.23. The van der Waals surface area contributed by atoms with Crippen LogP contribution in [0.1, 0.15) is 44.3 Å². The van der Waals surface area contributed by atoms with E-state index in [0.717, 1.165) is 17.0 Å². The van der Waals surface area contributed by atoms with Crippen molar-refractivity contribution in [3.05, 3.63) is 40.0 Å². The Hall–Kier alpha value is -2.17. The predicted molar refractivity (Wildman–Crippen MR) is 98.5 cm³/mol. The van der Waals surface area contributed by atoms with Gasteiger partial charge in [0.05, 0.1) is 25.8 Å². The molecule has 0 aliphatic carbocycles. The van der Waals surface area contributed by atoms with Crippen LogP contribution in [0.2, 0.25) is 0 Å². The maximum Gasteiger partial charge on any atom is 0.348 e. The molecule has 2 aromatic heterocycles. The Bertz CT molecular complexity index is 1000. The van der Waals surface area contributed by atoms with Crippen molar-refractivity contribution in [1.29, 1.82) is 0 Å². The number of nitrogens with zero attached hydrogens (tertiary/aromatic N) is 2. The average molecular weight is 412 g/mol. The number of methoxy groups -OCH3 is 2. The fourth-order valence-corrected chi connectivity index (χ4v) is 6.74. The van der Waals surface area contributed by atoms with Crippen LogP contribution in [0, 0.1) is 6.92 Å². The summed E-state index contributed by atoms with van der Waals surface area (Å²) in [5.74, 6) is -1.49. The molecule has 27 heavy (non-hydrogen) atoms. The first kappa shape index (κ1) is 19.6. The van der Waals surface area contributed by atoms with Gasteiger partial charge in [-0.2, -0.15) is 4.31 Å². The van der Waals surface area contributed by atoms with Crippen molar-refractivity contribution < 1.29 is 27.5 Å². The Labute approximate surface area is 161 Å². The first-order valence-corrected chi connectivity index (χ1v) is 10.5. The lowest BCUT2D eigenvalue weighted by Gasteiger charge is -2.33. The van der Waals surface area contributed by atoms with Gasteiger partial charge < -0.3 is 14.0 Å². The molecule has 0 radical (unpaired) electrons. The zero-order chi connectivity index (χ0) is 19.9. The van der Waals surface area contributed by atoms with E-state index in [-0.39, 0.29) is 26.8 Å². The van der Waals surface area contributed by atoms with Crippen LogP contribution < -0.4 is 0 Å². The summed E-state index contributed by atoms with van der Waals surface area (Å²) in [6.07, 6.45) is 1.90. The van der Waals surface area contributed by atoms with Crippen LogP contribution in [0.25, 0.3) is 0 Å². The van der Waals surface area contributed by atoms with Gasteiger partial charge in [0.2, 0.25) is 0 Å². The molecular weight excluding hydrogens is 392 g/mol. The zero-order valence-electron chi connectivity index (χ0n) is 15.4. The molecule has 1 aliphatic rings. The monoisotopic (exact) mass is 412 g/mol. The summed E-state index contributed by atoms with van der Waals surface area (Å²) >= 11 is 0.737. The highest BCUT2D eigenvalue weighted by Gasteiger charge is 2.40. The molecule has 0 N–H and O–H groups in total. The minimum atomic E-state index is -4.03. The molecule has 0 saturated heterocycles. The number of carbonyl (C=O) groups excluding carboxylic acids is 2. The van der Waals surface area contributed by atoms with Gasteiger partial charge in [-0.3, -0.25) is 0 Å². The normalized spacial score (nSPS) is 17.4. The van der Waals surface area contributed by atoms with Crippen molar-refractivity contribution in [1.82, 2.24) is 8.87 Å². The Morgan fingerprint density at radius 1 is 1.19 bits per heavy atom. The Morgan fingerprint density at radius 3 is 2.48 bits per heavy atom. The molecule has 1 aliphatic heterocycles. The third-order valence-electron chi connectivity index (χ3n) is 4.70. The van der Waals surface area contributed by atoms with Crippen LogP contribution in [0.3, 0.4) is 0 Å². The Balaban J connectivity index is 2.14. The van der Waals surface area contributed by atoms with Gasteiger partial charge in [-0.15, -0.1) is 11.3 Å². The van der Waals surface area contributed by atoms with E-state index < -0.39 is 28.0 Å². The van der Waals surface area contributed by atoms with Crippen molar-refractivity contribution in [3.63, 3.8) is 0 Å². The summed E-state index contributed by atoms with van der Waals surface area (Å²) in [5, 5.41) is 0. The number of hydrogen-bond donors (Lipinski definition) is 0. The molecule has 0 amide bonds. The average Bonchev–Trinajstić information content (AvgIpc) is 3.25. The number of thiophene rings is 1. The van der Waals surface area contributed by atoms with E-state index in [9.17, 15) is 18.0 Å².